The van der Waals surface area contributed by atoms with Crippen LogP contribution in [0, 0.1) is 0 Å². The number of ether oxygens (including phenoxy) is 2. The van der Waals surface area contributed by atoms with Crippen molar-refractivity contribution in [1.29, 1.82) is 0 Å². The lowest BCUT2D eigenvalue weighted by molar-refractivity contribution is -0.137. The van der Waals surface area contributed by atoms with Gasteiger partial charge in [0, 0.05) is 29.9 Å². The first-order chi connectivity index (χ1) is 16.5. The minimum Gasteiger partial charge on any atom is -0.494 e. The van der Waals surface area contributed by atoms with Crippen molar-refractivity contribution in [1.82, 2.24) is 4.98 Å². The molecule has 2 aromatic carbocycles. The number of carbonyl (C=O) groups excluding carboxylic acids is 1. The Balaban J connectivity index is 1.61. The van der Waals surface area contributed by atoms with E-state index in [1.165, 1.54) is 6.07 Å². The second-order valence-electron chi connectivity index (χ2n) is 9.48. The number of hydrogen-bond donors (Lipinski definition) is 0. The Morgan fingerprint density at radius 2 is 1.86 bits per heavy atom. The first-order valence-electron chi connectivity index (χ1n) is 11.4. The molecule has 1 amide bonds. The van der Waals surface area contributed by atoms with Crippen LogP contribution in [0.1, 0.15) is 49.6 Å². The number of anilines is 1. The molecule has 0 N–H and O–H groups in total. The van der Waals surface area contributed by atoms with Crippen molar-refractivity contribution >= 4 is 11.6 Å². The van der Waals surface area contributed by atoms with Crippen molar-refractivity contribution < 1.29 is 27.4 Å². The molecule has 35 heavy (non-hydrogen) atoms. The molecule has 5 nitrogen and oxygen atoms in total. The Hall–Kier alpha value is -3.55. The summed E-state index contributed by atoms with van der Waals surface area (Å²) in [5, 5.41) is 0. The van der Waals surface area contributed by atoms with Crippen molar-refractivity contribution in [3.8, 4) is 11.5 Å². The van der Waals surface area contributed by atoms with Gasteiger partial charge in [-0.25, -0.2) is 0 Å². The van der Waals surface area contributed by atoms with Crippen molar-refractivity contribution in [2.75, 3.05) is 11.5 Å². The van der Waals surface area contributed by atoms with E-state index >= 15 is 0 Å². The lowest BCUT2D eigenvalue weighted by Gasteiger charge is -2.43. The zero-order valence-electron chi connectivity index (χ0n) is 19.6. The number of carbonyl (C=O) groups is 1. The summed E-state index contributed by atoms with van der Waals surface area (Å²) in [5.74, 6) is 1.09. The fourth-order valence-electron chi connectivity index (χ4n) is 5.22. The molecule has 0 saturated carbocycles. The Bertz CT molecular complexity index is 1290. The van der Waals surface area contributed by atoms with Crippen molar-refractivity contribution in [2.24, 2.45) is 0 Å². The quantitative estimate of drug-likeness (QED) is 0.465. The fourth-order valence-corrected chi connectivity index (χ4v) is 5.22. The number of para-hydroxylation sites is 1. The average Bonchev–Trinajstić information content (AvgIpc) is 3.01. The number of alkyl halides is 3. The summed E-state index contributed by atoms with van der Waals surface area (Å²) in [6.07, 6.45) is -3.25. The highest BCUT2D eigenvalue weighted by Crippen LogP contribution is 2.56. The Morgan fingerprint density at radius 3 is 2.54 bits per heavy atom. The van der Waals surface area contributed by atoms with E-state index in [2.05, 4.69) is 4.98 Å². The normalized spacial score (nSPS) is 20.4. The molecule has 3 aromatic rings. The summed E-state index contributed by atoms with van der Waals surface area (Å²) in [5.41, 5.74) is 0.219. The lowest BCUT2D eigenvalue weighted by Crippen LogP contribution is -2.50. The SMILES string of the molecule is CCOc1ccc2c(c1)OC(C)(C)C[C@]21C(=O)N(Cc2ccc(C(F)(F)F)cn2)c2ccccc21. The summed E-state index contributed by atoms with van der Waals surface area (Å²) in [6, 6.07) is 15.4. The molecule has 0 radical (unpaired) electrons. The van der Waals surface area contributed by atoms with E-state index in [0.717, 1.165) is 29.1 Å². The number of nitrogens with zero attached hydrogens (tertiary/aromatic N) is 2. The predicted octanol–water partition coefficient (Wildman–Crippen LogP) is 5.89. The van der Waals surface area contributed by atoms with E-state index in [4.69, 9.17) is 9.47 Å². The van der Waals surface area contributed by atoms with Crippen molar-refractivity contribution in [3.05, 3.63) is 83.2 Å². The Morgan fingerprint density at radius 1 is 1.09 bits per heavy atom. The second kappa shape index (κ2) is 8.00. The third-order valence-electron chi connectivity index (χ3n) is 6.54. The number of halogens is 3. The van der Waals surface area contributed by atoms with Crippen LogP contribution in [-0.2, 0) is 22.9 Å². The average molecular weight is 483 g/mol. The highest BCUT2D eigenvalue weighted by atomic mass is 19.4. The van der Waals surface area contributed by atoms with Crippen LogP contribution in [0.2, 0.25) is 0 Å². The molecule has 3 heterocycles. The van der Waals surface area contributed by atoms with Crippen LogP contribution in [0.5, 0.6) is 11.5 Å². The molecule has 8 heteroatoms. The van der Waals surface area contributed by atoms with Gasteiger partial charge in [0.25, 0.3) is 0 Å². The van der Waals surface area contributed by atoms with Crippen molar-refractivity contribution in [3.63, 3.8) is 0 Å². The lowest BCUT2D eigenvalue weighted by atomic mass is 9.67. The molecule has 2 aliphatic rings. The Labute approximate surface area is 201 Å². The van der Waals surface area contributed by atoms with Crippen LogP contribution in [0.3, 0.4) is 0 Å². The molecule has 0 aliphatic carbocycles. The van der Waals surface area contributed by atoms with Crippen LogP contribution in [0.4, 0.5) is 18.9 Å². The summed E-state index contributed by atoms with van der Waals surface area (Å²) in [4.78, 5) is 19.9. The van der Waals surface area contributed by atoms with Gasteiger partial charge >= 0.3 is 6.18 Å². The van der Waals surface area contributed by atoms with Gasteiger partial charge in [0.2, 0.25) is 5.91 Å². The van der Waals surface area contributed by atoms with Crippen molar-refractivity contribution in [2.45, 2.75) is 50.9 Å². The zero-order valence-corrected chi connectivity index (χ0v) is 19.6. The molecule has 1 spiro atoms. The molecule has 0 bridgehead atoms. The van der Waals surface area contributed by atoms with Crippen LogP contribution in [-0.4, -0.2) is 23.1 Å². The summed E-state index contributed by atoms with van der Waals surface area (Å²) in [6.45, 7) is 6.35. The van der Waals surface area contributed by atoms with E-state index in [0.29, 0.717) is 30.2 Å². The first-order valence-corrected chi connectivity index (χ1v) is 11.4. The van der Waals surface area contributed by atoms with Gasteiger partial charge in [0.1, 0.15) is 22.5 Å². The largest absolute Gasteiger partial charge is 0.494 e. The second-order valence-corrected chi connectivity index (χ2v) is 9.48. The third-order valence-corrected chi connectivity index (χ3v) is 6.54. The number of pyridine rings is 1. The number of benzene rings is 2. The minimum absolute atomic E-state index is 0.0589. The molecular weight excluding hydrogens is 457 g/mol. The number of amides is 1. The number of hydrogen-bond acceptors (Lipinski definition) is 4. The maximum absolute atomic E-state index is 14.3. The van der Waals surface area contributed by atoms with E-state index in [1.54, 1.807) is 4.90 Å². The van der Waals surface area contributed by atoms with E-state index in [1.807, 2.05) is 63.2 Å². The smallest absolute Gasteiger partial charge is 0.417 e. The van der Waals surface area contributed by atoms with Gasteiger partial charge in [-0.3, -0.25) is 9.78 Å². The predicted molar refractivity (Wildman–Crippen MR) is 125 cm³/mol. The zero-order chi connectivity index (χ0) is 25.0. The molecule has 1 aromatic heterocycles. The number of fused-ring (bicyclic) bond motifs is 4. The van der Waals surface area contributed by atoms with Gasteiger partial charge in [-0.15, -0.1) is 0 Å². The van der Waals surface area contributed by atoms with Crippen LogP contribution >= 0.6 is 0 Å². The summed E-state index contributed by atoms with van der Waals surface area (Å²) >= 11 is 0. The minimum atomic E-state index is -4.47. The van der Waals surface area contributed by atoms with Crippen LogP contribution < -0.4 is 14.4 Å². The maximum atomic E-state index is 14.3. The topological polar surface area (TPSA) is 51.7 Å². The van der Waals surface area contributed by atoms with Gasteiger partial charge in [-0.05, 0) is 50.6 Å². The molecule has 0 fully saturated rings. The monoisotopic (exact) mass is 482 g/mol. The van der Waals surface area contributed by atoms with Gasteiger partial charge in [0.15, 0.2) is 0 Å². The summed E-state index contributed by atoms with van der Waals surface area (Å²) < 4.78 is 50.9. The molecule has 5 rings (SSSR count). The number of aromatic nitrogens is 1. The fraction of sp³-hybridized carbons (Fsp3) is 0.333. The van der Waals surface area contributed by atoms with Gasteiger partial charge in [-0.2, -0.15) is 13.2 Å². The summed E-state index contributed by atoms with van der Waals surface area (Å²) in [7, 11) is 0. The van der Waals surface area contributed by atoms with E-state index in [-0.39, 0.29) is 12.5 Å². The van der Waals surface area contributed by atoms with Crippen LogP contribution in [0.25, 0.3) is 0 Å². The van der Waals surface area contributed by atoms with E-state index < -0.39 is 22.8 Å². The standard InChI is InChI=1S/C27H25F3N2O3/c1-4-34-19-11-12-21-23(13-19)35-25(2,3)16-26(21)20-7-5-6-8-22(20)32(24(26)33)15-18-10-9-17(14-31-18)27(28,29)30/h5-14H,4,15-16H2,1-3H3/t26-/m1/s1. The molecule has 0 saturated heterocycles. The molecule has 2 aliphatic heterocycles. The molecule has 182 valence electrons. The highest BCUT2D eigenvalue weighted by molar-refractivity contribution is 6.11. The third kappa shape index (κ3) is 3.81. The van der Waals surface area contributed by atoms with E-state index in [9.17, 15) is 18.0 Å². The maximum Gasteiger partial charge on any atom is 0.417 e. The molecule has 1 atom stereocenters. The number of rotatable bonds is 4. The Kier molecular flexibility index (Phi) is 5.30. The molecule has 0 unspecified atom stereocenters. The van der Waals surface area contributed by atoms with Crippen LogP contribution in [0.15, 0.2) is 60.8 Å². The van der Waals surface area contributed by atoms with Gasteiger partial charge < -0.3 is 14.4 Å². The highest BCUT2D eigenvalue weighted by Gasteiger charge is 2.58. The molecular formula is C27H25F3N2O3. The van der Waals surface area contributed by atoms with Gasteiger partial charge in [0.05, 0.1) is 24.4 Å². The van der Waals surface area contributed by atoms with Gasteiger partial charge in [-0.1, -0.05) is 24.3 Å². The first kappa shape index (κ1) is 23.2.